The van der Waals surface area contributed by atoms with Crippen molar-refractivity contribution in [1.82, 2.24) is 4.90 Å². The van der Waals surface area contributed by atoms with Crippen molar-refractivity contribution in [3.8, 4) is 0 Å². The molecule has 0 unspecified atom stereocenters. The molecule has 3 nitrogen and oxygen atoms in total. The molecule has 2 heterocycles. The molecule has 0 aliphatic carbocycles. The van der Waals surface area contributed by atoms with Crippen molar-refractivity contribution in [3.63, 3.8) is 0 Å². The summed E-state index contributed by atoms with van der Waals surface area (Å²) in [6.07, 6.45) is 3.06. The van der Waals surface area contributed by atoms with E-state index in [4.69, 9.17) is 0 Å². The molecule has 2 amide bonds. The average Bonchev–Trinajstić information content (AvgIpc) is 2.77. The highest BCUT2D eigenvalue weighted by atomic mass is 32.1. The lowest BCUT2D eigenvalue weighted by Crippen LogP contribution is -2.30. The minimum Gasteiger partial charge on any atom is -0.274 e. The van der Waals surface area contributed by atoms with Crippen LogP contribution in [0.4, 0.5) is 0 Å². The second-order valence-electron chi connectivity index (χ2n) is 3.63. The maximum atomic E-state index is 11.8. The first-order valence-electron chi connectivity index (χ1n) is 5.19. The number of nitrogens with zero attached hydrogens (tertiary/aromatic N) is 1. The highest BCUT2D eigenvalue weighted by Crippen LogP contribution is 2.27. The maximum absolute atomic E-state index is 11.8. The summed E-state index contributed by atoms with van der Waals surface area (Å²) in [5.41, 5.74) is 0.585. The molecule has 1 aromatic rings. The van der Waals surface area contributed by atoms with Gasteiger partial charge in [-0.25, -0.2) is 0 Å². The van der Waals surface area contributed by atoms with Crippen molar-refractivity contribution in [2.24, 2.45) is 0 Å². The Kier molecular flexibility index (Phi) is 2.86. The Labute approximate surface area is 92.7 Å². The van der Waals surface area contributed by atoms with Gasteiger partial charge in [0.25, 0.3) is 11.8 Å². The van der Waals surface area contributed by atoms with Crippen molar-refractivity contribution in [2.45, 2.75) is 26.2 Å². The molecule has 0 N–H and O–H groups in total. The van der Waals surface area contributed by atoms with Crippen LogP contribution in [0, 0.1) is 0 Å². The van der Waals surface area contributed by atoms with E-state index in [1.54, 1.807) is 11.4 Å². The quantitative estimate of drug-likeness (QED) is 0.581. The van der Waals surface area contributed by atoms with Crippen LogP contribution in [0.2, 0.25) is 0 Å². The normalized spacial score (nSPS) is 14.9. The van der Waals surface area contributed by atoms with Gasteiger partial charge in [-0.05, 0) is 17.9 Å². The Morgan fingerprint density at radius 3 is 2.73 bits per heavy atom. The molecule has 0 aromatic carbocycles. The second-order valence-corrected chi connectivity index (χ2v) is 4.55. The molecule has 1 aromatic heterocycles. The molecular formula is C11H13NO2S. The zero-order valence-electron chi connectivity index (χ0n) is 8.66. The lowest BCUT2D eigenvalue weighted by atomic mass is 10.2. The van der Waals surface area contributed by atoms with Crippen molar-refractivity contribution >= 4 is 23.2 Å². The van der Waals surface area contributed by atoms with Gasteiger partial charge in [-0.1, -0.05) is 19.8 Å². The Balaban J connectivity index is 2.08. The summed E-state index contributed by atoms with van der Waals surface area (Å²) < 4.78 is 0. The van der Waals surface area contributed by atoms with Crippen molar-refractivity contribution in [2.75, 3.05) is 6.54 Å². The molecule has 80 valence electrons. The van der Waals surface area contributed by atoms with E-state index >= 15 is 0 Å². The number of rotatable bonds is 4. The van der Waals surface area contributed by atoms with E-state index in [9.17, 15) is 9.59 Å². The molecule has 0 saturated heterocycles. The van der Waals surface area contributed by atoms with Crippen LogP contribution in [-0.4, -0.2) is 23.3 Å². The number of amides is 2. The zero-order chi connectivity index (χ0) is 10.8. The Morgan fingerprint density at radius 1 is 1.27 bits per heavy atom. The van der Waals surface area contributed by atoms with Gasteiger partial charge in [-0.3, -0.25) is 14.5 Å². The number of thiophene rings is 1. The highest BCUT2D eigenvalue weighted by molar-refractivity contribution is 7.12. The number of unbranched alkanes of at least 4 members (excludes halogenated alkanes) is 2. The lowest BCUT2D eigenvalue weighted by Gasteiger charge is -2.12. The van der Waals surface area contributed by atoms with Crippen LogP contribution in [0.25, 0.3) is 0 Å². The summed E-state index contributed by atoms with van der Waals surface area (Å²) in [6, 6.07) is 1.74. The van der Waals surface area contributed by atoms with Gasteiger partial charge in [-0.15, -0.1) is 11.3 Å². The van der Waals surface area contributed by atoms with E-state index in [-0.39, 0.29) is 11.8 Å². The van der Waals surface area contributed by atoms with Gasteiger partial charge >= 0.3 is 0 Å². The summed E-state index contributed by atoms with van der Waals surface area (Å²) >= 11 is 1.35. The van der Waals surface area contributed by atoms with Gasteiger partial charge in [0.1, 0.15) is 4.88 Å². The molecule has 4 heteroatoms. The van der Waals surface area contributed by atoms with Gasteiger partial charge in [0.05, 0.1) is 5.56 Å². The molecule has 0 radical (unpaired) electrons. The first-order valence-corrected chi connectivity index (χ1v) is 6.07. The van der Waals surface area contributed by atoms with Crippen LogP contribution in [0.15, 0.2) is 11.4 Å². The molecule has 0 spiro atoms. The average molecular weight is 223 g/mol. The number of imide groups is 1. The predicted molar refractivity (Wildman–Crippen MR) is 59.2 cm³/mol. The molecule has 0 fully saturated rings. The van der Waals surface area contributed by atoms with Crippen LogP contribution in [0.3, 0.4) is 0 Å². The van der Waals surface area contributed by atoms with E-state index in [2.05, 4.69) is 6.92 Å². The Hall–Kier alpha value is -1.16. The topological polar surface area (TPSA) is 37.4 Å². The minimum absolute atomic E-state index is 0.110. The lowest BCUT2D eigenvalue weighted by molar-refractivity contribution is 0.0653. The Bertz CT molecular complexity index is 367. The standard InChI is InChI=1S/C11H13NO2S/c1-2-3-4-6-12-10(13)8-5-7-15-9(8)11(12)14/h5,7H,2-4,6H2,1H3. The van der Waals surface area contributed by atoms with Crippen LogP contribution in [0.1, 0.15) is 46.2 Å². The number of carbonyl (C=O) groups excluding carboxylic acids is 2. The fourth-order valence-electron chi connectivity index (χ4n) is 1.73. The monoisotopic (exact) mass is 223 g/mol. The van der Waals surface area contributed by atoms with Gasteiger partial charge in [-0.2, -0.15) is 0 Å². The third-order valence-corrected chi connectivity index (χ3v) is 3.47. The molecular weight excluding hydrogens is 210 g/mol. The number of carbonyl (C=O) groups is 2. The maximum Gasteiger partial charge on any atom is 0.271 e. The highest BCUT2D eigenvalue weighted by Gasteiger charge is 2.35. The summed E-state index contributed by atoms with van der Waals surface area (Å²) in [6.45, 7) is 2.66. The van der Waals surface area contributed by atoms with Crippen molar-refractivity contribution in [1.29, 1.82) is 0 Å². The van der Waals surface area contributed by atoms with Crippen LogP contribution in [-0.2, 0) is 0 Å². The largest absolute Gasteiger partial charge is 0.274 e. The first-order chi connectivity index (χ1) is 7.25. The fourth-order valence-corrected chi connectivity index (χ4v) is 2.56. The van der Waals surface area contributed by atoms with E-state index < -0.39 is 0 Å². The smallest absolute Gasteiger partial charge is 0.271 e. The van der Waals surface area contributed by atoms with Gasteiger partial charge in [0, 0.05) is 6.54 Å². The molecule has 1 aliphatic rings. The summed E-state index contributed by atoms with van der Waals surface area (Å²) in [5.74, 6) is -0.228. The minimum atomic E-state index is -0.118. The third kappa shape index (κ3) is 1.69. The SMILES string of the molecule is CCCCCN1C(=O)c2ccsc2C1=O. The van der Waals surface area contributed by atoms with E-state index in [0.717, 1.165) is 19.3 Å². The summed E-state index contributed by atoms with van der Waals surface area (Å²) in [5, 5.41) is 1.80. The number of fused-ring (bicyclic) bond motifs is 1. The molecule has 0 atom stereocenters. The summed E-state index contributed by atoms with van der Waals surface area (Å²) in [7, 11) is 0. The van der Waals surface area contributed by atoms with Crippen molar-refractivity contribution < 1.29 is 9.59 Å². The summed E-state index contributed by atoms with van der Waals surface area (Å²) in [4.78, 5) is 25.5. The Morgan fingerprint density at radius 2 is 2.07 bits per heavy atom. The fraction of sp³-hybridized carbons (Fsp3) is 0.455. The number of hydrogen-bond donors (Lipinski definition) is 0. The zero-order valence-corrected chi connectivity index (χ0v) is 9.47. The molecule has 0 bridgehead atoms. The molecule has 15 heavy (non-hydrogen) atoms. The van der Waals surface area contributed by atoms with Gasteiger partial charge in [0.15, 0.2) is 0 Å². The van der Waals surface area contributed by atoms with Crippen LogP contribution in [0.5, 0.6) is 0 Å². The van der Waals surface area contributed by atoms with E-state index in [0.29, 0.717) is 17.0 Å². The van der Waals surface area contributed by atoms with E-state index in [1.165, 1.54) is 16.2 Å². The molecule has 0 saturated carbocycles. The third-order valence-electron chi connectivity index (χ3n) is 2.57. The van der Waals surface area contributed by atoms with Crippen molar-refractivity contribution in [3.05, 3.63) is 21.9 Å². The van der Waals surface area contributed by atoms with E-state index in [1.807, 2.05) is 0 Å². The first kappa shape index (κ1) is 10.4. The van der Waals surface area contributed by atoms with Gasteiger partial charge < -0.3 is 0 Å². The second kappa shape index (κ2) is 4.14. The molecule has 1 aliphatic heterocycles. The predicted octanol–water partition coefficient (Wildman–Crippen LogP) is 2.53. The van der Waals surface area contributed by atoms with Crippen LogP contribution < -0.4 is 0 Å². The van der Waals surface area contributed by atoms with Gasteiger partial charge in [0.2, 0.25) is 0 Å². The number of hydrogen-bond acceptors (Lipinski definition) is 3. The molecule has 2 rings (SSSR count). The van der Waals surface area contributed by atoms with Crippen LogP contribution >= 0.6 is 11.3 Å².